The molecule has 0 aliphatic heterocycles. The van der Waals surface area contributed by atoms with Gasteiger partial charge in [0, 0.05) is 39.4 Å². The lowest BCUT2D eigenvalue weighted by molar-refractivity contribution is 0.00132. The molecule has 0 aromatic carbocycles. The van der Waals surface area contributed by atoms with Crippen LogP contribution in [-0.2, 0) is 9.47 Å². The molecule has 2 N–H and O–H groups in total. The van der Waals surface area contributed by atoms with Crippen LogP contribution in [0.2, 0.25) is 0 Å². The molecule has 19 heavy (non-hydrogen) atoms. The summed E-state index contributed by atoms with van der Waals surface area (Å²) in [5.41, 5.74) is 6.34. The second-order valence-electron chi connectivity index (χ2n) is 5.77. The molecule has 0 aromatic heterocycles. The molecule has 1 rings (SSSR count). The standard InChI is InChI=1S/C15H32N2O2/c1-4-14-6-5-7-15(12-14,13-16)17(8-10-18-2)9-11-19-3/h14H,4-13,16H2,1-3H3. The zero-order valence-corrected chi connectivity index (χ0v) is 13.0. The Labute approximate surface area is 118 Å². The Hall–Kier alpha value is -0.160. The Morgan fingerprint density at radius 2 is 1.84 bits per heavy atom. The van der Waals surface area contributed by atoms with E-state index in [2.05, 4.69) is 11.8 Å². The lowest BCUT2D eigenvalue weighted by atomic mass is 9.73. The number of hydrogen-bond donors (Lipinski definition) is 1. The van der Waals surface area contributed by atoms with Crippen LogP contribution in [0.25, 0.3) is 0 Å². The fourth-order valence-electron chi connectivity index (χ4n) is 3.40. The third-order valence-corrected chi connectivity index (χ3v) is 4.68. The Morgan fingerprint density at radius 3 is 2.32 bits per heavy atom. The Kier molecular flexibility index (Phi) is 7.91. The molecular formula is C15H32N2O2. The van der Waals surface area contributed by atoms with Gasteiger partial charge >= 0.3 is 0 Å². The molecule has 2 atom stereocenters. The van der Waals surface area contributed by atoms with Crippen LogP contribution >= 0.6 is 0 Å². The van der Waals surface area contributed by atoms with Crippen LogP contribution in [0.15, 0.2) is 0 Å². The van der Waals surface area contributed by atoms with Crippen molar-refractivity contribution in [3.63, 3.8) is 0 Å². The molecule has 4 nitrogen and oxygen atoms in total. The van der Waals surface area contributed by atoms with Crippen LogP contribution in [-0.4, -0.2) is 57.5 Å². The van der Waals surface area contributed by atoms with Gasteiger partial charge in [-0.2, -0.15) is 0 Å². The highest BCUT2D eigenvalue weighted by atomic mass is 16.5. The van der Waals surface area contributed by atoms with E-state index in [0.717, 1.165) is 38.8 Å². The predicted octanol–water partition coefficient (Wildman–Crippen LogP) is 1.88. The third kappa shape index (κ3) is 4.71. The molecule has 1 aliphatic rings. The van der Waals surface area contributed by atoms with E-state index in [9.17, 15) is 0 Å². The second kappa shape index (κ2) is 8.90. The quantitative estimate of drug-likeness (QED) is 0.696. The normalized spacial score (nSPS) is 27.9. The zero-order chi connectivity index (χ0) is 14.1. The molecule has 4 heteroatoms. The van der Waals surface area contributed by atoms with Gasteiger partial charge < -0.3 is 15.2 Å². The van der Waals surface area contributed by atoms with Crippen molar-refractivity contribution in [2.75, 3.05) is 47.1 Å². The van der Waals surface area contributed by atoms with E-state index in [1.54, 1.807) is 14.2 Å². The van der Waals surface area contributed by atoms with Gasteiger partial charge in [0.25, 0.3) is 0 Å². The average molecular weight is 272 g/mol. The van der Waals surface area contributed by atoms with E-state index in [4.69, 9.17) is 15.2 Å². The van der Waals surface area contributed by atoms with Crippen LogP contribution < -0.4 is 5.73 Å². The minimum Gasteiger partial charge on any atom is -0.383 e. The first kappa shape index (κ1) is 16.9. The first-order valence-corrected chi connectivity index (χ1v) is 7.65. The highest BCUT2D eigenvalue weighted by Crippen LogP contribution is 2.37. The van der Waals surface area contributed by atoms with E-state index >= 15 is 0 Å². The summed E-state index contributed by atoms with van der Waals surface area (Å²) in [6.45, 7) is 6.48. The van der Waals surface area contributed by atoms with Gasteiger partial charge in [0.2, 0.25) is 0 Å². The molecule has 0 radical (unpaired) electrons. The average Bonchev–Trinajstić information content (AvgIpc) is 2.47. The topological polar surface area (TPSA) is 47.7 Å². The van der Waals surface area contributed by atoms with Crippen LogP contribution in [0.4, 0.5) is 0 Å². The van der Waals surface area contributed by atoms with Gasteiger partial charge in [-0.05, 0) is 18.8 Å². The van der Waals surface area contributed by atoms with E-state index < -0.39 is 0 Å². The van der Waals surface area contributed by atoms with Crippen molar-refractivity contribution in [1.82, 2.24) is 4.90 Å². The van der Waals surface area contributed by atoms with Gasteiger partial charge in [0.05, 0.1) is 13.2 Å². The van der Waals surface area contributed by atoms with Crippen LogP contribution in [0.1, 0.15) is 39.0 Å². The monoisotopic (exact) mass is 272 g/mol. The fourth-order valence-corrected chi connectivity index (χ4v) is 3.40. The minimum atomic E-state index is 0.163. The Balaban J connectivity index is 2.73. The first-order chi connectivity index (χ1) is 9.22. The number of rotatable bonds is 9. The van der Waals surface area contributed by atoms with Gasteiger partial charge in [-0.3, -0.25) is 4.90 Å². The molecule has 0 saturated heterocycles. The number of methoxy groups -OCH3 is 2. The molecule has 0 aromatic rings. The summed E-state index contributed by atoms with van der Waals surface area (Å²) >= 11 is 0. The van der Waals surface area contributed by atoms with Crippen molar-refractivity contribution in [2.45, 2.75) is 44.6 Å². The molecule has 0 heterocycles. The molecule has 114 valence electrons. The summed E-state index contributed by atoms with van der Waals surface area (Å²) in [6, 6.07) is 0. The Morgan fingerprint density at radius 1 is 1.21 bits per heavy atom. The summed E-state index contributed by atoms with van der Waals surface area (Å²) in [7, 11) is 3.53. The molecule has 0 bridgehead atoms. The summed E-state index contributed by atoms with van der Waals surface area (Å²) in [5.74, 6) is 0.824. The summed E-state index contributed by atoms with van der Waals surface area (Å²) < 4.78 is 10.5. The van der Waals surface area contributed by atoms with Crippen molar-refractivity contribution in [2.24, 2.45) is 11.7 Å². The maximum atomic E-state index is 6.18. The third-order valence-electron chi connectivity index (χ3n) is 4.68. The molecule has 1 aliphatic carbocycles. The largest absolute Gasteiger partial charge is 0.383 e. The molecule has 1 saturated carbocycles. The summed E-state index contributed by atoms with van der Waals surface area (Å²) in [5, 5.41) is 0. The van der Waals surface area contributed by atoms with Crippen LogP contribution in [0, 0.1) is 5.92 Å². The maximum Gasteiger partial charge on any atom is 0.0589 e. The van der Waals surface area contributed by atoms with Gasteiger partial charge in [-0.25, -0.2) is 0 Å². The lowest BCUT2D eigenvalue weighted by Gasteiger charge is -2.48. The molecule has 2 unspecified atom stereocenters. The van der Waals surface area contributed by atoms with Gasteiger partial charge in [-0.15, -0.1) is 0 Å². The van der Waals surface area contributed by atoms with E-state index in [1.165, 1.54) is 32.1 Å². The van der Waals surface area contributed by atoms with Gasteiger partial charge in [0.1, 0.15) is 0 Å². The molecular weight excluding hydrogens is 240 g/mol. The van der Waals surface area contributed by atoms with E-state index in [1.807, 2.05) is 0 Å². The molecule has 1 fully saturated rings. The number of hydrogen-bond acceptors (Lipinski definition) is 4. The zero-order valence-electron chi connectivity index (χ0n) is 13.0. The van der Waals surface area contributed by atoms with Crippen LogP contribution in [0.5, 0.6) is 0 Å². The van der Waals surface area contributed by atoms with Crippen molar-refractivity contribution in [3.8, 4) is 0 Å². The van der Waals surface area contributed by atoms with Crippen molar-refractivity contribution in [1.29, 1.82) is 0 Å². The number of nitrogens with two attached hydrogens (primary N) is 1. The predicted molar refractivity (Wildman–Crippen MR) is 79.4 cm³/mol. The van der Waals surface area contributed by atoms with Gasteiger partial charge in [0.15, 0.2) is 0 Å². The second-order valence-corrected chi connectivity index (χ2v) is 5.77. The number of nitrogens with zero attached hydrogens (tertiary/aromatic N) is 1. The highest BCUT2D eigenvalue weighted by Gasteiger charge is 2.39. The smallest absolute Gasteiger partial charge is 0.0589 e. The lowest BCUT2D eigenvalue weighted by Crippen LogP contribution is -2.58. The highest BCUT2D eigenvalue weighted by molar-refractivity contribution is 4.96. The molecule has 0 spiro atoms. The van der Waals surface area contributed by atoms with Crippen molar-refractivity contribution >= 4 is 0 Å². The van der Waals surface area contributed by atoms with Crippen molar-refractivity contribution in [3.05, 3.63) is 0 Å². The first-order valence-electron chi connectivity index (χ1n) is 7.65. The van der Waals surface area contributed by atoms with Crippen LogP contribution in [0.3, 0.4) is 0 Å². The van der Waals surface area contributed by atoms with Gasteiger partial charge in [-0.1, -0.05) is 26.2 Å². The summed E-state index contributed by atoms with van der Waals surface area (Å²) in [4.78, 5) is 2.52. The minimum absolute atomic E-state index is 0.163. The van der Waals surface area contributed by atoms with E-state index in [0.29, 0.717) is 0 Å². The van der Waals surface area contributed by atoms with Crippen molar-refractivity contribution < 1.29 is 9.47 Å². The molecule has 0 amide bonds. The van der Waals surface area contributed by atoms with E-state index in [-0.39, 0.29) is 5.54 Å². The maximum absolute atomic E-state index is 6.18. The SMILES string of the molecule is CCC1CCCC(CN)(N(CCOC)CCOC)C1. The summed E-state index contributed by atoms with van der Waals surface area (Å²) in [6.07, 6.45) is 6.37. The number of ether oxygens (including phenoxy) is 2. The fraction of sp³-hybridized carbons (Fsp3) is 1.00. The Bertz CT molecular complexity index is 230.